The van der Waals surface area contributed by atoms with Crippen molar-refractivity contribution in [2.45, 2.75) is 19.4 Å². The van der Waals surface area contributed by atoms with Crippen LogP contribution in [-0.2, 0) is 9.59 Å². The molecule has 13 heavy (non-hydrogen) atoms. The van der Waals surface area contributed by atoms with E-state index >= 15 is 0 Å². The van der Waals surface area contributed by atoms with Crippen LogP contribution in [0.5, 0.6) is 0 Å². The van der Waals surface area contributed by atoms with Crippen LogP contribution in [0.4, 0.5) is 0 Å². The second kappa shape index (κ2) is 3.74. The second-order valence-corrected chi connectivity index (χ2v) is 3.51. The minimum absolute atomic E-state index is 0.219. The number of nitrogens with one attached hydrogen (secondary N) is 1. The van der Waals surface area contributed by atoms with E-state index < -0.39 is 23.9 Å². The molecular formula is C8H13NO4. The predicted molar refractivity (Wildman–Crippen MR) is 44.3 cm³/mol. The Balaban J connectivity index is 2.72. The molecule has 0 aliphatic carbocycles. The van der Waals surface area contributed by atoms with Gasteiger partial charge in [0, 0.05) is 0 Å². The molecule has 1 aliphatic rings. The van der Waals surface area contributed by atoms with Gasteiger partial charge in [-0.15, -0.1) is 0 Å². The molecule has 3 unspecified atom stereocenters. The Morgan fingerprint density at radius 2 is 1.92 bits per heavy atom. The smallest absolute Gasteiger partial charge is 0.321 e. The van der Waals surface area contributed by atoms with E-state index in [0.717, 1.165) is 0 Å². The fourth-order valence-corrected chi connectivity index (χ4v) is 1.63. The molecule has 3 N–H and O–H groups in total. The van der Waals surface area contributed by atoms with Crippen molar-refractivity contribution in [3.05, 3.63) is 0 Å². The number of carboxylic acids is 2. The van der Waals surface area contributed by atoms with Crippen LogP contribution in [0.15, 0.2) is 0 Å². The van der Waals surface area contributed by atoms with E-state index in [1.54, 1.807) is 0 Å². The van der Waals surface area contributed by atoms with Crippen LogP contribution >= 0.6 is 0 Å². The average Bonchev–Trinajstić information content (AvgIpc) is 2.03. The van der Waals surface area contributed by atoms with E-state index in [0.29, 0.717) is 13.0 Å². The topological polar surface area (TPSA) is 86.6 Å². The van der Waals surface area contributed by atoms with Crippen LogP contribution in [0.3, 0.4) is 0 Å². The molecule has 0 saturated carbocycles. The van der Waals surface area contributed by atoms with Crippen molar-refractivity contribution < 1.29 is 19.8 Å². The van der Waals surface area contributed by atoms with Gasteiger partial charge in [0.05, 0.1) is 5.92 Å². The summed E-state index contributed by atoms with van der Waals surface area (Å²) in [5.41, 5.74) is 0. The maximum Gasteiger partial charge on any atom is 0.321 e. The molecule has 0 aromatic heterocycles. The quantitative estimate of drug-likeness (QED) is 0.556. The van der Waals surface area contributed by atoms with Gasteiger partial charge in [-0.05, 0) is 18.9 Å². The second-order valence-electron chi connectivity index (χ2n) is 3.51. The molecule has 1 rings (SSSR count). The SMILES string of the molecule is CC1CNC(C(=O)O)C(C(=O)O)C1. The lowest BCUT2D eigenvalue weighted by molar-refractivity contribution is -0.153. The zero-order valence-corrected chi connectivity index (χ0v) is 7.36. The number of hydrogen-bond donors (Lipinski definition) is 3. The molecule has 1 fully saturated rings. The maximum absolute atomic E-state index is 10.7. The minimum Gasteiger partial charge on any atom is -0.481 e. The van der Waals surface area contributed by atoms with Crippen LogP contribution in [0.2, 0.25) is 0 Å². The fourth-order valence-electron chi connectivity index (χ4n) is 1.63. The average molecular weight is 187 g/mol. The van der Waals surface area contributed by atoms with Crippen LogP contribution in [0, 0.1) is 11.8 Å². The first-order valence-electron chi connectivity index (χ1n) is 4.21. The van der Waals surface area contributed by atoms with Crippen LogP contribution in [0.1, 0.15) is 13.3 Å². The fraction of sp³-hybridized carbons (Fsp3) is 0.750. The van der Waals surface area contributed by atoms with Gasteiger partial charge in [-0.3, -0.25) is 9.59 Å². The van der Waals surface area contributed by atoms with Crippen molar-refractivity contribution in [3.8, 4) is 0 Å². The van der Waals surface area contributed by atoms with E-state index in [4.69, 9.17) is 10.2 Å². The molecular weight excluding hydrogens is 174 g/mol. The summed E-state index contributed by atoms with van der Waals surface area (Å²) in [5, 5.41) is 20.2. The zero-order valence-electron chi connectivity index (χ0n) is 7.36. The number of hydrogen-bond acceptors (Lipinski definition) is 3. The molecule has 5 nitrogen and oxygen atoms in total. The third kappa shape index (κ3) is 2.18. The molecule has 3 atom stereocenters. The molecule has 1 saturated heterocycles. The predicted octanol–water partition coefficient (Wildman–Crippen LogP) is -0.230. The van der Waals surface area contributed by atoms with Gasteiger partial charge >= 0.3 is 11.9 Å². The lowest BCUT2D eigenvalue weighted by Crippen LogP contribution is -2.52. The van der Waals surface area contributed by atoms with Crippen molar-refractivity contribution in [1.29, 1.82) is 0 Å². The van der Waals surface area contributed by atoms with Gasteiger partial charge in [-0.25, -0.2) is 0 Å². The van der Waals surface area contributed by atoms with Gasteiger partial charge in [0.1, 0.15) is 6.04 Å². The van der Waals surface area contributed by atoms with Crippen molar-refractivity contribution in [2.24, 2.45) is 11.8 Å². The lowest BCUT2D eigenvalue weighted by Gasteiger charge is -2.30. The molecule has 0 bridgehead atoms. The third-order valence-corrected chi connectivity index (χ3v) is 2.33. The summed E-state index contributed by atoms with van der Waals surface area (Å²) in [6.07, 6.45) is 0.430. The van der Waals surface area contributed by atoms with E-state index in [2.05, 4.69) is 5.32 Å². The van der Waals surface area contributed by atoms with Crippen molar-refractivity contribution in [2.75, 3.05) is 6.54 Å². The zero-order chi connectivity index (χ0) is 10.0. The van der Waals surface area contributed by atoms with Gasteiger partial charge in [0.25, 0.3) is 0 Å². The van der Waals surface area contributed by atoms with Gasteiger partial charge in [0.2, 0.25) is 0 Å². The molecule has 74 valence electrons. The standard InChI is InChI=1S/C8H13NO4/c1-4-2-5(7(10)11)6(8(12)13)9-3-4/h4-6,9H,2-3H2,1H3,(H,10,11)(H,12,13). The summed E-state index contributed by atoms with van der Waals surface area (Å²) in [4.78, 5) is 21.4. The highest BCUT2D eigenvalue weighted by molar-refractivity contribution is 5.82. The highest BCUT2D eigenvalue weighted by atomic mass is 16.4. The summed E-state index contributed by atoms with van der Waals surface area (Å²) < 4.78 is 0. The highest BCUT2D eigenvalue weighted by Crippen LogP contribution is 2.21. The van der Waals surface area contributed by atoms with Gasteiger partial charge in [0.15, 0.2) is 0 Å². The summed E-state index contributed by atoms with van der Waals surface area (Å²) in [6, 6.07) is -0.936. The largest absolute Gasteiger partial charge is 0.481 e. The summed E-state index contributed by atoms with van der Waals surface area (Å²) in [7, 11) is 0. The first-order valence-corrected chi connectivity index (χ1v) is 4.21. The monoisotopic (exact) mass is 187 g/mol. The Hall–Kier alpha value is -1.10. The molecule has 0 spiro atoms. The number of aliphatic carboxylic acids is 2. The number of carbonyl (C=O) groups is 2. The van der Waals surface area contributed by atoms with Crippen molar-refractivity contribution in [3.63, 3.8) is 0 Å². The number of piperidine rings is 1. The minimum atomic E-state index is -1.08. The van der Waals surface area contributed by atoms with Crippen molar-refractivity contribution in [1.82, 2.24) is 5.32 Å². The molecule has 0 amide bonds. The van der Waals surface area contributed by atoms with Gasteiger partial charge in [-0.2, -0.15) is 0 Å². The number of rotatable bonds is 2. The van der Waals surface area contributed by atoms with Crippen LogP contribution < -0.4 is 5.32 Å². The summed E-state index contributed by atoms with van der Waals surface area (Å²) in [5.74, 6) is -2.70. The first-order chi connectivity index (χ1) is 6.02. The molecule has 0 radical (unpaired) electrons. The Kier molecular flexibility index (Phi) is 2.87. The maximum atomic E-state index is 10.7. The molecule has 1 aliphatic heterocycles. The molecule has 0 aromatic carbocycles. The Bertz CT molecular complexity index is 228. The highest BCUT2D eigenvalue weighted by Gasteiger charge is 2.37. The molecule has 5 heteroatoms. The number of carboxylic acid groups (broad SMARTS) is 2. The van der Waals surface area contributed by atoms with Gasteiger partial charge < -0.3 is 15.5 Å². The Labute approximate surface area is 75.7 Å². The summed E-state index contributed by atoms with van der Waals surface area (Å²) in [6.45, 7) is 2.47. The van der Waals surface area contributed by atoms with Crippen LogP contribution in [0.25, 0.3) is 0 Å². The van der Waals surface area contributed by atoms with Gasteiger partial charge in [-0.1, -0.05) is 6.92 Å². The normalized spacial score (nSPS) is 34.1. The van der Waals surface area contributed by atoms with E-state index in [9.17, 15) is 9.59 Å². The van der Waals surface area contributed by atoms with E-state index in [1.165, 1.54) is 0 Å². The molecule has 0 aromatic rings. The third-order valence-electron chi connectivity index (χ3n) is 2.33. The molecule has 1 heterocycles. The van der Waals surface area contributed by atoms with Crippen molar-refractivity contribution >= 4 is 11.9 Å². The Morgan fingerprint density at radius 3 is 2.38 bits per heavy atom. The van der Waals surface area contributed by atoms with Crippen LogP contribution in [-0.4, -0.2) is 34.7 Å². The lowest BCUT2D eigenvalue weighted by atomic mass is 9.85. The van der Waals surface area contributed by atoms with E-state index in [1.807, 2.05) is 6.92 Å². The summed E-state index contributed by atoms with van der Waals surface area (Å²) >= 11 is 0. The van der Waals surface area contributed by atoms with E-state index in [-0.39, 0.29) is 5.92 Å². The first kappa shape index (κ1) is 9.98. The Morgan fingerprint density at radius 1 is 1.31 bits per heavy atom.